The molecule has 1 heterocycles. The van der Waals surface area contributed by atoms with E-state index < -0.39 is 6.04 Å². The maximum atomic E-state index is 13.4. The molecule has 0 radical (unpaired) electrons. The number of carbonyl (C=O) groups excluding carboxylic acids is 2. The Balaban J connectivity index is 1.77. The predicted molar refractivity (Wildman–Crippen MR) is 114 cm³/mol. The minimum absolute atomic E-state index is 0.0655. The molecule has 1 aliphatic heterocycles. The molecule has 5 nitrogen and oxygen atoms in total. The van der Waals surface area contributed by atoms with Gasteiger partial charge in [0.15, 0.2) is 0 Å². The van der Waals surface area contributed by atoms with Crippen LogP contribution in [0.25, 0.3) is 0 Å². The molecule has 3 rings (SSSR count). The summed E-state index contributed by atoms with van der Waals surface area (Å²) in [7, 11) is 1.65. The fourth-order valence-corrected chi connectivity index (χ4v) is 5.82. The van der Waals surface area contributed by atoms with Crippen molar-refractivity contribution >= 4 is 35.2 Å². The van der Waals surface area contributed by atoms with Crippen LogP contribution in [0.15, 0.2) is 24.3 Å². The van der Waals surface area contributed by atoms with Crippen LogP contribution >= 0.6 is 23.4 Å². The molecule has 1 N–H and O–H groups in total. The molecule has 1 aromatic rings. The summed E-state index contributed by atoms with van der Waals surface area (Å²) in [6.45, 7) is 1.17. The summed E-state index contributed by atoms with van der Waals surface area (Å²) < 4.78 is 5.04. The highest BCUT2D eigenvalue weighted by atomic mass is 35.5. The molecule has 1 saturated heterocycles. The zero-order chi connectivity index (χ0) is 19.9. The Bertz CT molecular complexity index is 664. The highest BCUT2D eigenvalue weighted by Crippen LogP contribution is 2.41. The van der Waals surface area contributed by atoms with Crippen molar-refractivity contribution in [2.75, 3.05) is 26.0 Å². The molecule has 2 unspecified atom stereocenters. The molecule has 1 aromatic carbocycles. The van der Waals surface area contributed by atoms with Crippen LogP contribution in [0.1, 0.15) is 48.9 Å². The lowest BCUT2D eigenvalue weighted by molar-refractivity contribution is -0.125. The van der Waals surface area contributed by atoms with E-state index in [2.05, 4.69) is 5.32 Å². The number of benzene rings is 1. The van der Waals surface area contributed by atoms with Gasteiger partial charge in [0.1, 0.15) is 6.04 Å². The van der Waals surface area contributed by atoms with Crippen LogP contribution in [0.3, 0.4) is 0 Å². The summed E-state index contributed by atoms with van der Waals surface area (Å²) in [6.07, 6.45) is 6.70. The van der Waals surface area contributed by atoms with Crippen molar-refractivity contribution < 1.29 is 14.3 Å². The Morgan fingerprint density at radius 3 is 2.61 bits per heavy atom. The Kier molecular flexibility index (Phi) is 8.06. The van der Waals surface area contributed by atoms with Gasteiger partial charge in [0, 0.05) is 36.6 Å². The van der Waals surface area contributed by atoms with E-state index in [-0.39, 0.29) is 17.2 Å². The van der Waals surface area contributed by atoms with Gasteiger partial charge in [-0.25, -0.2) is 0 Å². The summed E-state index contributed by atoms with van der Waals surface area (Å²) in [5, 5.41) is 3.65. The maximum absolute atomic E-state index is 13.4. The molecule has 28 heavy (non-hydrogen) atoms. The summed E-state index contributed by atoms with van der Waals surface area (Å²) in [5.74, 6) is 0.969. The van der Waals surface area contributed by atoms with Crippen molar-refractivity contribution in [3.05, 3.63) is 34.9 Å². The average molecular weight is 425 g/mol. The Hall–Kier alpha value is -1.24. The van der Waals surface area contributed by atoms with Crippen molar-refractivity contribution in [3.63, 3.8) is 0 Å². The first-order valence-electron chi connectivity index (χ1n) is 10.1. The normalized spacial score (nSPS) is 23.0. The lowest BCUT2D eigenvalue weighted by Gasteiger charge is -2.35. The molecular weight excluding hydrogens is 396 g/mol. The molecule has 2 atom stereocenters. The van der Waals surface area contributed by atoms with Crippen LogP contribution in [0.2, 0.25) is 5.02 Å². The number of halogens is 1. The Morgan fingerprint density at radius 2 is 1.93 bits per heavy atom. The minimum Gasteiger partial charge on any atom is -0.385 e. The third kappa shape index (κ3) is 5.22. The predicted octanol–water partition coefficient (Wildman–Crippen LogP) is 3.96. The fourth-order valence-electron chi connectivity index (χ4n) is 4.06. The zero-order valence-corrected chi connectivity index (χ0v) is 17.9. The lowest BCUT2D eigenvalue weighted by atomic mass is 9.88. The molecule has 0 bridgehead atoms. The summed E-state index contributed by atoms with van der Waals surface area (Å²) >= 11 is 7.74. The summed E-state index contributed by atoms with van der Waals surface area (Å²) in [5.41, 5.74) is 0.588. The third-order valence-corrected chi connectivity index (χ3v) is 7.25. The van der Waals surface area contributed by atoms with Gasteiger partial charge >= 0.3 is 0 Å². The molecule has 2 fully saturated rings. The molecule has 154 valence electrons. The van der Waals surface area contributed by atoms with Crippen molar-refractivity contribution in [2.24, 2.45) is 5.92 Å². The van der Waals surface area contributed by atoms with E-state index in [1.807, 2.05) is 4.90 Å². The van der Waals surface area contributed by atoms with E-state index in [9.17, 15) is 9.59 Å². The van der Waals surface area contributed by atoms with Crippen LogP contribution in [-0.4, -0.2) is 54.1 Å². The van der Waals surface area contributed by atoms with Crippen molar-refractivity contribution in [3.8, 4) is 0 Å². The fraction of sp³-hybridized carbons (Fsp3) is 0.619. The van der Waals surface area contributed by atoms with Gasteiger partial charge in [0.2, 0.25) is 5.91 Å². The highest BCUT2D eigenvalue weighted by molar-refractivity contribution is 8.00. The van der Waals surface area contributed by atoms with Crippen LogP contribution in [0.5, 0.6) is 0 Å². The van der Waals surface area contributed by atoms with Gasteiger partial charge < -0.3 is 15.0 Å². The number of nitrogens with one attached hydrogen (secondary N) is 1. The summed E-state index contributed by atoms with van der Waals surface area (Å²) in [6, 6.07) is 6.53. The standard InChI is InChI=1S/C21H29ClN2O3S/c1-27-13-5-12-23-19(25)18-14-28-21(16-6-3-2-4-7-16)24(18)20(26)15-8-10-17(22)11-9-15/h8-11,16,18,21H,2-7,12-14H2,1H3,(H,23,25). The number of nitrogens with zero attached hydrogens (tertiary/aromatic N) is 1. The Morgan fingerprint density at radius 1 is 1.21 bits per heavy atom. The van der Waals surface area contributed by atoms with Gasteiger partial charge in [-0.05, 0) is 49.4 Å². The number of carbonyl (C=O) groups is 2. The van der Waals surface area contributed by atoms with Gasteiger partial charge in [-0.3, -0.25) is 9.59 Å². The average Bonchev–Trinajstić information content (AvgIpc) is 3.17. The number of methoxy groups -OCH3 is 1. The highest BCUT2D eigenvalue weighted by Gasteiger charge is 2.45. The quantitative estimate of drug-likeness (QED) is 0.673. The maximum Gasteiger partial charge on any atom is 0.255 e. The Labute approximate surface area is 176 Å². The number of rotatable bonds is 7. The van der Waals surface area contributed by atoms with Crippen LogP contribution in [-0.2, 0) is 9.53 Å². The first kappa shape index (κ1) is 21.5. The smallest absolute Gasteiger partial charge is 0.255 e. The molecule has 2 amide bonds. The minimum atomic E-state index is -0.428. The topological polar surface area (TPSA) is 58.6 Å². The molecule has 0 spiro atoms. The van der Waals surface area contributed by atoms with E-state index in [1.54, 1.807) is 43.1 Å². The van der Waals surface area contributed by atoms with E-state index in [0.717, 1.165) is 19.3 Å². The third-order valence-electron chi connectivity index (χ3n) is 5.54. The van der Waals surface area contributed by atoms with Gasteiger partial charge in [0.05, 0.1) is 5.37 Å². The first-order chi connectivity index (χ1) is 13.6. The second kappa shape index (κ2) is 10.5. The number of ether oxygens (including phenoxy) is 1. The lowest BCUT2D eigenvalue weighted by Crippen LogP contribution is -2.51. The van der Waals surface area contributed by atoms with Crippen LogP contribution in [0.4, 0.5) is 0 Å². The van der Waals surface area contributed by atoms with Crippen molar-refractivity contribution in [1.82, 2.24) is 10.2 Å². The molecule has 7 heteroatoms. The number of hydrogen-bond acceptors (Lipinski definition) is 4. The van der Waals surface area contributed by atoms with Gasteiger partial charge in [-0.15, -0.1) is 11.8 Å². The molecule has 1 aliphatic carbocycles. The van der Waals surface area contributed by atoms with Gasteiger partial charge in [-0.2, -0.15) is 0 Å². The second-order valence-electron chi connectivity index (χ2n) is 7.49. The molecule has 1 saturated carbocycles. The van der Waals surface area contributed by atoms with E-state index >= 15 is 0 Å². The number of hydrogen-bond donors (Lipinski definition) is 1. The SMILES string of the molecule is COCCCNC(=O)C1CSC(C2CCCCC2)N1C(=O)c1ccc(Cl)cc1. The van der Waals surface area contributed by atoms with E-state index in [0.29, 0.717) is 35.4 Å². The second-order valence-corrected chi connectivity index (χ2v) is 9.08. The van der Waals surface area contributed by atoms with Gasteiger partial charge in [0.25, 0.3) is 5.91 Å². The van der Waals surface area contributed by atoms with Crippen molar-refractivity contribution in [2.45, 2.75) is 49.9 Å². The molecular formula is C21H29ClN2O3S. The first-order valence-corrected chi connectivity index (χ1v) is 11.5. The van der Waals surface area contributed by atoms with Gasteiger partial charge in [-0.1, -0.05) is 30.9 Å². The number of amides is 2. The van der Waals surface area contributed by atoms with Crippen molar-refractivity contribution in [1.29, 1.82) is 0 Å². The van der Waals surface area contributed by atoms with Crippen LogP contribution in [0, 0.1) is 5.92 Å². The zero-order valence-electron chi connectivity index (χ0n) is 16.4. The van der Waals surface area contributed by atoms with Crippen LogP contribution < -0.4 is 5.32 Å². The molecule has 2 aliphatic rings. The number of thioether (sulfide) groups is 1. The summed E-state index contributed by atoms with van der Waals surface area (Å²) in [4.78, 5) is 28.1. The monoisotopic (exact) mass is 424 g/mol. The largest absolute Gasteiger partial charge is 0.385 e. The van der Waals surface area contributed by atoms with E-state index in [4.69, 9.17) is 16.3 Å². The van der Waals surface area contributed by atoms with E-state index in [1.165, 1.54) is 19.3 Å². The molecule has 0 aromatic heterocycles.